The predicted molar refractivity (Wildman–Crippen MR) is 78.2 cm³/mol. The maximum atomic E-state index is 13.2. The van der Waals surface area contributed by atoms with E-state index in [2.05, 4.69) is 20.8 Å². The van der Waals surface area contributed by atoms with Crippen LogP contribution in [0.15, 0.2) is 42.7 Å². The lowest BCUT2D eigenvalue weighted by atomic mass is 10.1. The van der Waals surface area contributed by atoms with Gasteiger partial charge in [0.15, 0.2) is 0 Å². The number of anilines is 1. The summed E-state index contributed by atoms with van der Waals surface area (Å²) < 4.78 is 27.8. The first-order valence-electron chi connectivity index (χ1n) is 6.64. The van der Waals surface area contributed by atoms with Gasteiger partial charge in [0.05, 0.1) is 5.69 Å². The molecule has 0 saturated heterocycles. The highest BCUT2D eigenvalue weighted by molar-refractivity contribution is 6.04. The minimum atomic E-state index is -0.811. The highest BCUT2D eigenvalue weighted by Gasteiger charge is 2.12. The molecule has 3 aromatic rings. The van der Waals surface area contributed by atoms with Gasteiger partial charge in [0, 0.05) is 17.3 Å². The number of hydrogen-bond acceptors (Lipinski definition) is 4. The molecule has 1 heterocycles. The van der Waals surface area contributed by atoms with E-state index >= 15 is 0 Å². The molecule has 0 fully saturated rings. The van der Waals surface area contributed by atoms with Crippen LogP contribution in [0.1, 0.15) is 15.9 Å². The standard InChI is InChI=1S/C15H11F2N5O/c1-9-2-3-13(22-8-18-20-21-22)7-14(9)19-15(23)10-4-11(16)6-12(17)5-10/h2-8H,1H3,(H,19,23). The molecule has 1 amide bonds. The van der Waals surface area contributed by atoms with Crippen molar-refractivity contribution in [3.8, 4) is 5.69 Å². The van der Waals surface area contributed by atoms with Gasteiger partial charge in [-0.25, -0.2) is 13.5 Å². The van der Waals surface area contributed by atoms with E-state index in [1.165, 1.54) is 11.0 Å². The zero-order valence-electron chi connectivity index (χ0n) is 12.0. The van der Waals surface area contributed by atoms with Crippen molar-refractivity contribution < 1.29 is 13.6 Å². The number of rotatable bonds is 3. The first-order chi connectivity index (χ1) is 11.0. The van der Waals surface area contributed by atoms with Gasteiger partial charge >= 0.3 is 0 Å². The molecular weight excluding hydrogens is 304 g/mol. The molecule has 0 atom stereocenters. The van der Waals surface area contributed by atoms with Crippen LogP contribution < -0.4 is 5.32 Å². The number of tetrazole rings is 1. The summed E-state index contributed by atoms with van der Waals surface area (Å²) in [5.74, 6) is -2.23. The summed E-state index contributed by atoms with van der Waals surface area (Å²) in [6.07, 6.45) is 1.41. The van der Waals surface area contributed by atoms with E-state index in [0.717, 1.165) is 17.7 Å². The van der Waals surface area contributed by atoms with Crippen molar-refractivity contribution in [2.75, 3.05) is 5.32 Å². The van der Waals surface area contributed by atoms with E-state index in [0.29, 0.717) is 17.4 Å². The lowest BCUT2D eigenvalue weighted by Crippen LogP contribution is -2.14. The van der Waals surface area contributed by atoms with E-state index in [1.807, 2.05) is 0 Å². The third-order valence-corrected chi connectivity index (χ3v) is 3.21. The molecule has 1 N–H and O–H groups in total. The number of nitrogens with one attached hydrogen (secondary N) is 1. The molecule has 23 heavy (non-hydrogen) atoms. The third-order valence-electron chi connectivity index (χ3n) is 3.21. The third kappa shape index (κ3) is 3.20. The number of hydrogen-bond donors (Lipinski definition) is 1. The van der Waals surface area contributed by atoms with Crippen LogP contribution in [0.3, 0.4) is 0 Å². The summed E-state index contributed by atoms with van der Waals surface area (Å²) in [7, 11) is 0. The fraction of sp³-hybridized carbons (Fsp3) is 0.0667. The topological polar surface area (TPSA) is 72.7 Å². The van der Waals surface area contributed by atoms with Crippen molar-refractivity contribution in [2.45, 2.75) is 6.92 Å². The Morgan fingerprint density at radius 3 is 2.52 bits per heavy atom. The summed E-state index contributed by atoms with van der Waals surface area (Å²) in [5, 5.41) is 13.5. The predicted octanol–water partition coefficient (Wildman–Crippen LogP) is 2.50. The molecule has 0 bridgehead atoms. The fourth-order valence-electron chi connectivity index (χ4n) is 2.05. The normalized spacial score (nSPS) is 10.6. The van der Waals surface area contributed by atoms with Gasteiger partial charge in [-0.05, 0) is 47.2 Å². The molecule has 116 valence electrons. The van der Waals surface area contributed by atoms with Gasteiger partial charge in [-0.1, -0.05) is 6.07 Å². The van der Waals surface area contributed by atoms with Crippen molar-refractivity contribution in [2.24, 2.45) is 0 Å². The molecular formula is C15H11F2N5O. The molecule has 2 aromatic carbocycles. The summed E-state index contributed by atoms with van der Waals surface area (Å²) in [4.78, 5) is 12.2. The summed E-state index contributed by atoms with van der Waals surface area (Å²) in [6, 6.07) is 7.87. The Labute approximate surface area is 129 Å². The van der Waals surface area contributed by atoms with Crippen LogP contribution in [0.2, 0.25) is 0 Å². The zero-order valence-corrected chi connectivity index (χ0v) is 12.0. The average Bonchev–Trinajstić information content (AvgIpc) is 3.02. The number of aryl methyl sites for hydroxylation is 1. The monoisotopic (exact) mass is 315 g/mol. The van der Waals surface area contributed by atoms with Crippen LogP contribution in [0, 0.1) is 18.6 Å². The summed E-state index contributed by atoms with van der Waals surface area (Å²) >= 11 is 0. The van der Waals surface area contributed by atoms with Crippen LogP contribution in [-0.4, -0.2) is 26.1 Å². The fourth-order valence-corrected chi connectivity index (χ4v) is 2.05. The Bertz CT molecular complexity index is 844. The quantitative estimate of drug-likeness (QED) is 0.806. The van der Waals surface area contributed by atoms with E-state index in [-0.39, 0.29) is 5.56 Å². The number of amides is 1. The molecule has 0 aliphatic rings. The van der Waals surface area contributed by atoms with Gasteiger partial charge < -0.3 is 5.32 Å². The number of carbonyl (C=O) groups excluding carboxylic acids is 1. The van der Waals surface area contributed by atoms with Crippen LogP contribution >= 0.6 is 0 Å². The van der Waals surface area contributed by atoms with Crippen LogP contribution in [0.4, 0.5) is 14.5 Å². The van der Waals surface area contributed by atoms with Crippen molar-refractivity contribution in [1.82, 2.24) is 20.2 Å². The Hall–Kier alpha value is -3.16. The van der Waals surface area contributed by atoms with Gasteiger partial charge in [0.1, 0.15) is 18.0 Å². The smallest absolute Gasteiger partial charge is 0.255 e. The Balaban J connectivity index is 1.90. The molecule has 6 nitrogen and oxygen atoms in total. The van der Waals surface area contributed by atoms with Crippen LogP contribution in [0.25, 0.3) is 5.69 Å². The van der Waals surface area contributed by atoms with E-state index in [1.54, 1.807) is 25.1 Å². The second kappa shape index (κ2) is 5.91. The first-order valence-corrected chi connectivity index (χ1v) is 6.64. The number of aromatic nitrogens is 4. The molecule has 0 saturated carbocycles. The molecule has 8 heteroatoms. The molecule has 0 spiro atoms. The molecule has 0 unspecified atom stereocenters. The molecule has 3 rings (SSSR count). The Morgan fingerprint density at radius 2 is 1.87 bits per heavy atom. The number of halogens is 2. The Morgan fingerprint density at radius 1 is 1.13 bits per heavy atom. The van der Waals surface area contributed by atoms with Crippen LogP contribution in [-0.2, 0) is 0 Å². The van der Waals surface area contributed by atoms with Gasteiger partial charge in [-0.15, -0.1) is 5.10 Å². The van der Waals surface area contributed by atoms with Gasteiger partial charge in [-0.2, -0.15) is 0 Å². The molecule has 0 radical (unpaired) electrons. The maximum Gasteiger partial charge on any atom is 0.255 e. The Kier molecular flexibility index (Phi) is 3.80. The molecule has 1 aromatic heterocycles. The van der Waals surface area contributed by atoms with Crippen LogP contribution in [0.5, 0.6) is 0 Å². The second-order valence-corrected chi connectivity index (χ2v) is 4.87. The van der Waals surface area contributed by atoms with Crippen molar-refractivity contribution >= 4 is 11.6 Å². The second-order valence-electron chi connectivity index (χ2n) is 4.87. The minimum Gasteiger partial charge on any atom is -0.322 e. The summed E-state index contributed by atoms with van der Waals surface area (Å²) in [6.45, 7) is 1.80. The van der Waals surface area contributed by atoms with E-state index < -0.39 is 17.5 Å². The SMILES string of the molecule is Cc1ccc(-n2cnnn2)cc1NC(=O)c1cc(F)cc(F)c1. The minimum absolute atomic E-state index is 0.102. The van der Waals surface area contributed by atoms with Crippen molar-refractivity contribution in [3.63, 3.8) is 0 Å². The molecule has 0 aliphatic heterocycles. The van der Waals surface area contributed by atoms with E-state index in [9.17, 15) is 13.6 Å². The lowest BCUT2D eigenvalue weighted by Gasteiger charge is -2.10. The first kappa shape index (κ1) is 14.8. The maximum absolute atomic E-state index is 13.2. The van der Waals surface area contributed by atoms with Gasteiger partial charge in [0.2, 0.25) is 0 Å². The van der Waals surface area contributed by atoms with Gasteiger partial charge in [0.25, 0.3) is 5.91 Å². The number of carbonyl (C=O) groups is 1. The highest BCUT2D eigenvalue weighted by atomic mass is 19.1. The molecule has 0 aliphatic carbocycles. The number of nitrogens with zero attached hydrogens (tertiary/aromatic N) is 4. The van der Waals surface area contributed by atoms with E-state index in [4.69, 9.17) is 0 Å². The lowest BCUT2D eigenvalue weighted by molar-refractivity contribution is 0.102. The highest BCUT2D eigenvalue weighted by Crippen LogP contribution is 2.20. The average molecular weight is 315 g/mol. The summed E-state index contributed by atoms with van der Waals surface area (Å²) in [5.41, 5.74) is 1.82. The zero-order chi connectivity index (χ0) is 16.4. The largest absolute Gasteiger partial charge is 0.322 e. The van der Waals surface area contributed by atoms with Gasteiger partial charge in [-0.3, -0.25) is 4.79 Å². The van der Waals surface area contributed by atoms with Crippen molar-refractivity contribution in [3.05, 3.63) is 65.5 Å². The van der Waals surface area contributed by atoms with Crippen molar-refractivity contribution in [1.29, 1.82) is 0 Å². The number of benzene rings is 2.